The van der Waals surface area contributed by atoms with Crippen LogP contribution >= 0.6 is 0 Å². The number of nitrogens with one attached hydrogen (secondary N) is 2. The van der Waals surface area contributed by atoms with Crippen LogP contribution in [0.25, 0.3) is 0 Å². The Hall–Kier alpha value is -2.40. The first-order valence-electron chi connectivity index (χ1n) is 8.59. The molecule has 0 aromatic rings. The summed E-state index contributed by atoms with van der Waals surface area (Å²) >= 11 is 0. The number of ether oxygens (including phenoxy) is 1. The molecule has 2 aliphatic rings. The van der Waals surface area contributed by atoms with E-state index >= 15 is 0 Å². The topological polar surface area (TPSA) is 135 Å². The Kier molecular flexibility index (Phi) is 7.16. The molecule has 0 aromatic heterocycles. The minimum absolute atomic E-state index is 0.0255. The molecular weight excluding hydrogens is 342 g/mol. The maximum atomic E-state index is 12.3. The lowest BCUT2D eigenvalue weighted by atomic mass is 10.2. The van der Waals surface area contributed by atoms with Crippen LogP contribution in [0.3, 0.4) is 0 Å². The maximum Gasteiger partial charge on any atom is 0.319 e. The number of nitrogens with two attached hydrogens (primary N) is 1. The molecular formula is C15H27N7O4. The summed E-state index contributed by atoms with van der Waals surface area (Å²) in [6, 6.07) is 0. The highest BCUT2D eigenvalue weighted by Gasteiger charge is 2.25. The van der Waals surface area contributed by atoms with Crippen molar-refractivity contribution >= 4 is 23.7 Å². The fraction of sp³-hybridized carbons (Fsp3) is 0.733. The van der Waals surface area contributed by atoms with Gasteiger partial charge in [-0.05, 0) is 0 Å². The number of methoxy groups -OCH3 is 1. The van der Waals surface area contributed by atoms with Gasteiger partial charge in [0.2, 0.25) is 11.8 Å². The largest absolute Gasteiger partial charge is 0.468 e. The van der Waals surface area contributed by atoms with Crippen molar-refractivity contribution in [2.75, 3.05) is 66.0 Å². The summed E-state index contributed by atoms with van der Waals surface area (Å²) in [6.45, 7) is 4.56. The monoisotopic (exact) mass is 369 g/mol. The van der Waals surface area contributed by atoms with Crippen LogP contribution in [0.5, 0.6) is 0 Å². The fourth-order valence-electron chi connectivity index (χ4n) is 2.93. The van der Waals surface area contributed by atoms with Crippen LogP contribution in [-0.4, -0.2) is 109 Å². The Bertz CT molecular complexity index is 540. The molecule has 0 unspecified atom stereocenters. The fourth-order valence-corrected chi connectivity index (χ4v) is 2.93. The van der Waals surface area contributed by atoms with Gasteiger partial charge >= 0.3 is 5.97 Å². The van der Waals surface area contributed by atoms with E-state index in [1.54, 1.807) is 14.8 Å². The third kappa shape index (κ3) is 5.85. The van der Waals surface area contributed by atoms with Crippen molar-refractivity contribution in [1.29, 1.82) is 5.41 Å². The van der Waals surface area contributed by atoms with Crippen molar-refractivity contribution in [3.63, 3.8) is 0 Å². The molecule has 0 radical (unpaired) electrons. The molecule has 0 bridgehead atoms. The number of carbonyl (C=O) groups excluding carboxylic acids is 3. The second kappa shape index (κ2) is 9.34. The van der Waals surface area contributed by atoms with Crippen molar-refractivity contribution in [2.24, 2.45) is 5.73 Å². The summed E-state index contributed by atoms with van der Waals surface area (Å²) in [7, 11) is 1.35. The van der Waals surface area contributed by atoms with E-state index in [1.165, 1.54) is 7.11 Å². The molecule has 0 atom stereocenters. The number of carbonyl (C=O) groups is 3. The molecule has 0 aromatic carbocycles. The number of hydrogen-bond acceptors (Lipinski definition) is 7. The van der Waals surface area contributed by atoms with Crippen LogP contribution in [0.15, 0.2) is 0 Å². The average Bonchev–Trinajstić information content (AvgIpc) is 2.62. The summed E-state index contributed by atoms with van der Waals surface area (Å²) < 4.78 is 4.63. The van der Waals surface area contributed by atoms with E-state index in [0.717, 1.165) is 0 Å². The van der Waals surface area contributed by atoms with Crippen LogP contribution in [0.1, 0.15) is 6.42 Å². The first-order valence-corrected chi connectivity index (χ1v) is 8.59. The van der Waals surface area contributed by atoms with Crippen molar-refractivity contribution in [1.82, 2.24) is 25.1 Å². The molecule has 2 heterocycles. The van der Waals surface area contributed by atoms with Crippen LogP contribution in [0, 0.1) is 5.41 Å². The Labute approximate surface area is 152 Å². The molecule has 0 spiro atoms. The summed E-state index contributed by atoms with van der Waals surface area (Å²) in [5.74, 6) is -0.836. The summed E-state index contributed by atoms with van der Waals surface area (Å²) in [6.07, 6.45) is -0.204. The van der Waals surface area contributed by atoms with Gasteiger partial charge in [-0.15, -0.1) is 0 Å². The molecule has 146 valence electrons. The lowest BCUT2D eigenvalue weighted by Gasteiger charge is -2.35. The number of hydrazine groups is 1. The van der Waals surface area contributed by atoms with E-state index < -0.39 is 0 Å². The van der Waals surface area contributed by atoms with Gasteiger partial charge in [0.25, 0.3) is 0 Å². The smallest absolute Gasteiger partial charge is 0.319 e. The van der Waals surface area contributed by atoms with Crippen molar-refractivity contribution in [3.8, 4) is 0 Å². The quantitative estimate of drug-likeness (QED) is 0.205. The van der Waals surface area contributed by atoms with Crippen molar-refractivity contribution < 1.29 is 19.1 Å². The Morgan fingerprint density at radius 2 is 1.58 bits per heavy atom. The number of rotatable bonds is 5. The van der Waals surface area contributed by atoms with E-state index in [4.69, 9.17) is 11.1 Å². The van der Waals surface area contributed by atoms with Gasteiger partial charge in [-0.2, -0.15) is 0 Å². The molecule has 11 heteroatoms. The molecule has 0 aliphatic carbocycles. The molecule has 2 aliphatic heterocycles. The van der Waals surface area contributed by atoms with Gasteiger partial charge in [-0.25, -0.2) is 5.01 Å². The van der Waals surface area contributed by atoms with E-state index in [1.807, 2.05) is 4.90 Å². The molecule has 4 N–H and O–H groups in total. The van der Waals surface area contributed by atoms with Crippen LogP contribution in [-0.2, 0) is 19.1 Å². The lowest BCUT2D eigenvalue weighted by Crippen LogP contribution is -2.56. The number of guanidine groups is 1. The zero-order chi connectivity index (χ0) is 19.1. The SMILES string of the molecule is COC(=O)CN1CCN(C(=O)CC(=O)NN2CCN(C(=N)N)CC2)CC1. The number of esters is 1. The van der Waals surface area contributed by atoms with Gasteiger partial charge in [0.15, 0.2) is 5.96 Å². The first-order chi connectivity index (χ1) is 12.4. The molecule has 2 rings (SSSR count). The molecule has 2 saturated heterocycles. The third-order valence-corrected chi connectivity index (χ3v) is 4.52. The highest BCUT2D eigenvalue weighted by atomic mass is 16.5. The van der Waals surface area contributed by atoms with Gasteiger partial charge in [-0.3, -0.25) is 30.1 Å². The zero-order valence-corrected chi connectivity index (χ0v) is 15.1. The molecule has 11 nitrogen and oxygen atoms in total. The van der Waals surface area contributed by atoms with Crippen LogP contribution < -0.4 is 11.2 Å². The first kappa shape index (κ1) is 19.9. The summed E-state index contributed by atoms with van der Waals surface area (Å²) in [5, 5.41) is 9.12. The van der Waals surface area contributed by atoms with Gasteiger partial charge < -0.3 is 20.3 Å². The van der Waals surface area contributed by atoms with Crippen molar-refractivity contribution in [2.45, 2.75) is 6.42 Å². The summed E-state index contributed by atoms with van der Waals surface area (Å²) in [4.78, 5) is 40.9. The Morgan fingerprint density at radius 3 is 2.12 bits per heavy atom. The minimum atomic E-state index is -0.344. The second-order valence-electron chi connectivity index (χ2n) is 6.30. The Balaban J connectivity index is 1.67. The second-order valence-corrected chi connectivity index (χ2v) is 6.30. The highest BCUT2D eigenvalue weighted by Crippen LogP contribution is 2.05. The molecule has 2 fully saturated rings. The van der Waals surface area contributed by atoms with E-state index in [9.17, 15) is 14.4 Å². The highest BCUT2D eigenvalue weighted by molar-refractivity contribution is 5.96. The summed E-state index contributed by atoms with van der Waals surface area (Å²) in [5.41, 5.74) is 8.16. The number of amides is 2. The predicted octanol–water partition coefficient (Wildman–Crippen LogP) is -2.76. The van der Waals surface area contributed by atoms with E-state index in [-0.39, 0.29) is 36.7 Å². The van der Waals surface area contributed by atoms with Crippen LogP contribution in [0.2, 0.25) is 0 Å². The van der Waals surface area contributed by atoms with Gasteiger partial charge in [0.1, 0.15) is 6.42 Å². The number of nitrogens with zero attached hydrogens (tertiary/aromatic N) is 4. The maximum absolute atomic E-state index is 12.3. The predicted molar refractivity (Wildman–Crippen MR) is 92.9 cm³/mol. The van der Waals surface area contributed by atoms with E-state index in [0.29, 0.717) is 52.4 Å². The third-order valence-electron chi connectivity index (χ3n) is 4.52. The van der Waals surface area contributed by atoms with Crippen molar-refractivity contribution in [3.05, 3.63) is 0 Å². The lowest BCUT2D eigenvalue weighted by molar-refractivity contribution is -0.143. The number of hydrogen-bond donors (Lipinski definition) is 3. The van der Waals surface area contributed by atoms with Crippen LogP contribution in [0.4, 0.5) is 0 Å². The molecule has 0 saturated carbocycles. The van der Waals surface area contributed by atoms with E-state index in [2.05, 4.69) is 10.2 Å². The zero-order valence-electron chi connectivity index (χ0n) is 15.1. The average molecular weight is 369 g/mol. The van der Waals surface area contributed by atoms with Gasteiger partial charge in [-0.1, -0.05) is 0 Å². The Morgan fingerprint density at radius 1 is 1.00 bits per heavy atom. The normalized spacial score (nSPS) is 19.1. The number of piperazine rings is 2. The molecule has 2 amide bonds. The standard InChI is InChI=1S/C15H27N7O4/c1-26-14(25)11-19-2-4-20(5-3-19)13(24)10-12(23)18-22-8-6-21(7-9-22)15(16)17/h2-11H2,1H3,(H3,16,17)(H,18,23). The van der Waals surface area contributed by atoms with Gasteiger partial charge in [0.05, 0.1) is 13.7 Å². The minimum Gasteiger partial charge on any atom is -0.468 e. The van der Waals surface area contributed by atoms with Gasteiger partial charge in [0, 0.05) is 52.4 Å². The molecule has 26 heavy (non-hydrogen) atoms.